The molecular formula is C11H12BrN3S. The number of pyridine rings is 1. The number of nitrogens with zero attached hydrogens (tertiary/aromatic N) is 2. The van der Waals surface area contributed by atoms with E-state index in [0.29, 0.717) is 11.4 Å². The summed E-state index contributed by atoms with van der Waals surface area (Å²) in [6.07, 6.45) is 2.58. The minimum atomic E-state index is 0.488. The number of aromatic nitrogens is 2. The van der Waals surface area contributed by atoms with Crippen LogP contribution in [0.4, 0.5) is 0 Å². The van der Waals surface area contributed by atoms with Crippen LogP contribution in [0.15, 0.2) is 16.7 Å². The Kier molecular flexibility index (Phi) is 2.99. The first-order valence-corrected chi connectivity index (χ1v) is 6.11. The van der Waals surface area contributed by atoms with Crippen LogP contribution < -0.4 is 5.73 Å². The highest BCUT2D eigenvalue weighted by Crippen LogP contribution is 2.20. The van der Waals surface area contributed by atoms with E-state index in [0.717, 1.165) is 27.1 Å². The zero-order valence-corrected chi connectivity index (χ0v) is 11.5. The first-order valence-electron chi connectivity index (χ1n) is 4.91. The van der Waals surface area contributed by atoms with E-state index in [1.54, 1.807) is 0 Å². The molecule has 0 unspecified atom stereocenters. The first kappa shape index (κ1) is 11.5. The maximum Gasteiger partial charge on any atom is 0.140 e. The van der Waals surface area contributed by atoms with Gasteiger partial charge in [0.15, 0.2) is 0 Å². The highest BCUT2D eigenvalue weighted by Gasteiger charge is 2.11. The Morgan fingerprint density at radius 2 is 2.25 bits per heavy atom. The molecule has 0 aromatic carbocycles. The predicted molar refractivity (Wildman–Crippen MR) is 72.9 cm³/mol. The van der Waals surface area contributed by atoms with Gasteiger partial charge in [0.25, 0.3) is 0 Å². The zero-order valence-electron chi connectivity index (χ0n) is 9.12. The summed E-state index contributed by atoms with van der Waals surface area (Å²) in [5, 5.41) is 0. The van der Waals surface area contributed by atoms with Gasteiger partial charge in [-0.1, -0.05) is 12.2 Å². The van der Waals surface area contributed by atoms with Gasteiger partial charge in [0.2, 0.25) is 0 Å². The molecule has 0 bridgehead atoms. The van der Waals surface area contributed by atoms with E-state index in [4.69, 9.17) is 18.0 Å². The molecule has 16 heavy (non-hydrogen) atoms. The van der Waals surface area contributed by atoms with Crippen LogP contribution in [-0.4, -0.2) is 14.4 Å². The largest absolute Gasteiger partial charge is 0.393 e. The van der Waals surface area contributed by atoms with Crippen molar-refractivity contribution in [2.24, 2.45) is 5.73 Å². The van der Waals surface area contributed by atoms with Gasteiger partial charge in [-0.2, -0.15) is 0 Å². The molecule has 0 aliphatic heterocycles. The van der Waals surface area contributed by atoms with Crippen molar-refractivity contribution in [2.45, 2.75) is 20.3 Å². The van der Waals surface area contributed by atoms with Crippen LogP contribution in [0.1, 0.15) is 17.0 Å². The molecule has 0 aliphatic carbocycles. The second-order valence-electron chi connectivity index (χ2n) is 3.82. The number of imidazole rings is 1. The fourth-order valence-electron chi connectivity index (χ4n) is 1.81. The molecule has 0 saturated heterocycles. The lowest BCUT2D eigenvalue weighted by Crippen LogP contribution is -2.13. The Bertz CT molecular complexity index is 574. The van der Waals surface area contributed by atoms with Crippen LogP contribution in [-0.2, 0) is 6.42 Å². The number of hydrogen-bond acceptors (Lipinski definition) is 2. The van der Waals surface area contributed by atoms with Gasteiger partial charge in [-0.05, 0) is 41.4 Å². The Morgan fingerprint density at radius 3 is 2.88 bits per heavy atom. The summed E-state index contributed by atoms with van der Waals surface area (Å²) >= 11 is 8.44. The number of hydrogen-bond donors (Lipinski definition) is 1. The van der Waals surface area contributed by atoms with E-state index in [2.05, 4.69) is 20.9 Å². The number of thiocarbonyl (C=S) groups is 1. The van der Waals surface area contributed by atoms with Gasteiger partial charge < -0.3 is 10.1 Å². The van der Waals surface area contributed by atoms with Gasteiger partial charge in [-0.15, -0.1) is 0 Å². The van der Waals surface area contributed by atoms with Crippen molar-refractivity contribution in [3.05, 3.63) is 33.7 Å². The number of halogens is 1. The number of fused-ring (bicyclic) bond motifs is 1. The lowest BCUT2D eigenvalue weighted by atomic mass is 10.2. The second-order valence-corrected chi connectivity index (χ2v) is 5.26. The fraction of sp³-hybridized carbons (Fsp3) is 0.273. The third-order valence-electron chi connectivity index (χ3n) is 2.51. The molecule has 2 aromatic heterocycles. The molecule has 0 fully saturated rings. The van der Waals surface area contributed by atoms with Crippen molar-refractivity contribution in [3.8, 4) is 0 Å². The summed E-state index contributed by atoms with van der Waals surface area (Å²) in [6, 6.07) is 2.05. The van der Waals surface area contributed by atoms with Gasteiger partial charge in [0, 0.05) is 17.1 Å². The number of aryl methyl sites for hydroxylation is 2. The highest BCUT2D eigenvalue weighted by atomic mass is 79.9. The van der Waals surface area contributed by atoms with Crippen molar-refractivity contribution < 1.29 is 0 Å². The lowest BCUT2D eigenvalue weighted by molar-refractivity contribution is 1.04. The minimum absolute atomic E-state index is 0.488. The molecule has 2 rings (SSSR count). The van der Waals surface area contributed by atoms with Gasteiger partial charge in [-0.25, -0.2) is 4.98 Å². The molecule has 2 heterocycles. The average molecular weight is 298 g/mol. The maximum atomic E-state index is 5.60. The van der Waals surface area contributed by atoms with Gasteiger partial charge in [0.05, 0.1) is 16.4 Å². The number of nitrogens with two attached hydrogens (primary N) is 1. The van der Waals surface area contributed by atoms with Crippen molar-refractivity contribution in [3.63, 3.8) is 0 Å². The van der Waals surface area contributed by atoms with Crippen molar-refractivity contribution in [1.29, 1.82) is 0 Å². The molecule has 5 heteroatoms. The smallest absolute Gasteiger partial charge is 0.140 e. The van der Waals surface area contributed by atoms with E-state index < -0.39 is 0 Å². The van der Waals surface area contributed by atoms with Crippen LogP contribution in [0.25, 0.3) is 5.65 Å². The molecule has 0 amide bonds. The summed E-state index contributed by atoms with van der Waals surface area (Å²) in [5.41, 5.74) is 9.74. The fourth-order valence-corrected chi connectivity index (χ4v) is 2.49. The minimum Gasteiger partial charge on any atom is -0.393 e. The third-order valence-corrected chi connectivity index (χ3v) is 3.09. The summed E-state index contributed by atoms with van der Waals surface area (Å²) < 4.78 is 3.08. The quantitative estimate of drug-likeness (QED) is 0.867. The molecule has 2 aromatic rings. The Balaban J connectivity index is 2.73. The maximum absolute atomic E-state index is 5.60. The van der Waals surface area contributed by atoms with Crippen LogP contribution in [0, 0.1) is 13.8 Å². The summed E-state index contributed by atoms with van der Waals surface area (Å²) in [7, 11) is 0. The summed E-state index contributed by atoms with van der Waals surface area (Å²) in [6.45, 7) is 4.02. The van der Waals surface area contributed by atoms with Crippen molar-refractivity contribution >= 4 is 38.8 Å². The van der Waals surface area contributed by atoms with E-state index in [9.17, 15) is 0 Å². The van der Waals surface area contributed by atoms with Crippen LogP contribution in [0.2, 0.25) is 0 Å². The molecule has 3 nitrogen and oxygen atoms in total. The Hall–Kier alpha value is -0.940. The third kappa shape index (κ3) is 1.97. The monoisotopic (exact) mass is 297 g/mol. The van der Waals surface area contributed by atoms with Crippen molar-refractivity contribution in [1.82, 2.24) is 9.38 Å². The van der Waals surface area contributed by atoms with E-state index >= 15 is 0 Å². The highest BCUT2D eigenvalue weighted by molar-refractivity contribution is 9.10. The van der Waals surface area contributed by atoms with Crippen LogP contribution >= 0.6 is 28.1 Å². The van der Waals surface area contributed by atoms with Gasteiger partial charge in [-0.3, -0.25) is 0 Å². The van der Waals surface area contributed by atoms with E-state index in [-0.39, 0.29) is 0 Å². The zero-order chi connectivity index (χ0) is 11.9. The summed E-state index contributed by atoms with van der Waals surface area (Å²) in [5.74, 6) is 0. The van der Waals surface area contributed by atoms with Crippen LogP contribution in [0.5, 0.6) is 0 Å². The Morgan fingerprint density at radius 1 is 1.56 bits per heavy atom. The average Bonchev–Trinajstić information content (AvgIpc) is 2.45. The topological polar surface area (TPSA) is 43.3 Å². The van der Waals surface area contributed by atoms with E-state index in [1.165, 1.54) is 0 Å². The lowest BCUT2D eigenvalue weighted by Gasteiger charge is -2.04. The molecule has 84 valence electrons. The molecule has 2 N–H and O–H groups in total. The molecular weight excluding hydrogens is 286 g/mol. The molecule has 0 spiro atoms. The molecule has 0 radical (unpaired) electrons. The van der Waals surface area contributed by atoms with Crippen LogP contribution in [0.3, 0.4) is 0 Å². The van der Waals surface area contributed by atoms with E-state index in [1.807, 2.05) is 30.5 Å². The first-order chi connectivity index (χ1) is 7.49. The molecule has 0 atom stereocenters. The van der Waals surface area contributed by atoms with Gasteiger partial charge >= 0.3 is 0 Å². The standard InChI is InChI=1S/C11H12BrN3S/c1-6-3-8(12)5-15-9(4-10(13)16)7(2)14-11(6)15/h3,5H,4H2,1-2H3,(H2,13,16). The molecule has 0 aliphatic rings. The normalized spacial score (nSPS) is 10.9. The number of rotatable bonds is 2. The van der Waals surface area contributed by atoms with Crippen molar-refractivity contribution in [2.75, 3.05) is 0 Å². The Labute approximate surface area is 108 Å². The second kappa shape index (κ2) is 4.14. The predicted octanol–water partition coefficient (Wildman–Crippen LogP) is 2.54. The summed E-state index contributed by atoms with van der Waals surface area (Å²) in [4.78, 5) is 5.02. The molecule has 0 saturated carbocycles. The van der Waals surface area contributed by atoms with Gasteiger partial charge in [0.1, 0.15) is 5.65 Å². The SMILES string of the molecule is Cc1nc2c(C)cc(Br)cn2c1CC(N)=S.